The van der Waals surface area contributed by atoms with E-state index in [0.29, 0.717) is 5.16 Å². The van der Waals surface area contributed by atoms with E-state index in [0.717, 1.165) is 63.6 Å². The van der Waals surface area contributed by atoms with Crippen molar-refractivity contribution in [2.24, 2.45) is 0 Å². The first-order chi connectivity index (χ1) is 15.6. The zero-order chi connectivity index (χ0) is 21.8. The first kappa shape index (κ1) is 20.4. The summed E-state index contributed by atoms with van der Waals surface area (Å²) in [6, 6.07) is 15.5. The summed E-state index contributed by atoms with van der Waals surface area (Å²) >= 11 is 6.55. The number of benzene rings is 2. The largest absolute Gasteiger partial charge is 0.293 e. The molecule has 0 saturated carbocycles. The van der Waals surface area contributed by atoms with Crippen LogP contribution in [0.1, 0.15) is 39.2 Å². The molecule has 0 amide bonds. The first-order valence-corrected chi connectivity index (χ1v) is 13.2. The summed E-state index contributed by atoms with van der Waals surface area (Å²) in [6.45, 7) is 0. The number of Topliss-reactive ketones (excluding diaryl/α,β-unsaturated/α-hetero) is 1. The number of aryl methyl sites for hydroxylation is 3. The maximum Gasteiger partial charge on any atom is 0.267 e. The van der Waals surface area contributed by atoms with Crippen LogP contribution in [0, 0.1) is 0 Å². The van der Waals surface area contributed by atoms with Gasteiger partial charge in [0.25, 0.3) is 5.56 Å². The molecule has 1 unspecified atom stereocenters. The van der Waals surface area contributed by atoms with Crippen LogP contribution >= 0.6 is 39.0 Å². The Hall–Kier alpha value is -2.22. The molecule has 1 atom stereocenters. The molecule has 2 aliphatic carbocycles. The summed E-state index contributed by atoms with van der Waals surface area (Å²) in [6.07, 6.45) is 4.67. The van der Waals surface area contributed by atoms with Gasteiger partial charge in [0.05, 0.1) is 16.3 Å². The van der Waals surface area contributed by atoms with Crippen molar-refractivity contribution in [3.63, 3.8) is 0 Å². The molecular weight excluding hydrogens is 504 g/mol. The topological polar surface area (TPSA) is 52.0 Å². The standard InChI is InChI=1S/C25H19BrN2O2S2/c26-15-9-11-16(12-10-15)28-24(30)21-18-6-3-7-19(18)31-23(21)27-25(28)32-20-13-8-14-4-1-2-5-17(14)22(20)29/h1-2,4-5,9-12,20H,3,6-8,13H2. The van der Waals surface area contributed by atoms with Crippen molar-refractivity contribution >= 4 is 55.0 Å². The van der Waals surface area contributed by atoms with Crippen molar-refractivity contribution in [1.29, 1.82) is 0 Å². The number of carbonyl (C=O) groups is 1. The molecule has 2 aliphatic rings. The van der Waals surface area contributed by atoms with Crippen LogP contribution in [0.3, 0.4) is 0 Å². The van der Waals surface area contributed by atoms with Crippen molar-refractivity contribution in [2.45, 2.75) is 42.5 Å². The Morgan fingerprint density at radius 2 is 1.84 bits per heavy atom. The lowest BCUT2D eigenvalue weighted by molar-refractivity contribution is 0.0979. The van der Waals surface area contributed by atoms with Crippen LogP contribution in [-0.4, -0.2) is 20.6 Å². The number of hydrogen-bond acceptors (Lipinski definition) is 5. The molecular formula is C25H19BrN2O2S2. The Balaban J connectivity index is 1.50. The third kappa shape index (κ3) is 3.29. The zero-order valence-electron chi connectivity index (χ0n) is 17.1. The van der Waals surface area contributed by atoms with Gasteiger partial charge in [-0.05, 0) is 67.5 Å². The van der Waals surface area contributed by atoms with Crippen LogP contribution in [0.5, 0.6) is 0 Å². The smallest absolute Gasteiger partial charge is 0.267 e. The second-order valence-electron chi connectivity index (χ2n) is 8.22. The molecule has 4 aromatic rings. The Kier molecular flexibility index (Phi) is 5.08. The Morgan fingerprint density at radius 3 is 2.69 bits per heavy atom. The summed E-state index contributed by atoms with van der Waals surface area (Å²) in [7, 11) is 0. The number of rotatable bonds is 3. The van der Waals surface area contributed by atoms with E-state index < -0.39 is 0 Å². The van der Waals surface area contributed by atoms with Crippen molar-refractivity contribution in [3.8, 4) is 5.69 Å². The molecule has 2 heterocycles. The van der Waals surface area contributed by atoms with E-state index in [1.807, 2.05) is 48.5 Å². The monoisotopic (exact) mass is 522 g/mol. The molecule has 0 bridgehead atoms. The molecule has 32 heavy (non-hydrogen) atoms. The number of carbonyl (C=O) groups excluding carboxylic acids is 1. The predicted molar refractivity (Wildman–Crippen MR) is 134 cm³/mol. The van der Waals surface area contributed by atoms with Crippen LogP contribution < -0.4 is 5.56 Å². The fourth-order valence-corrected chi connectivity index (χ4v) is 7.47. The number of ketones is 1. The van der Waals surface area contributed by atoms with E-state index in [1.54, 1.807) is 15.9 Å². The normalized spacial score (nSPS) is 17.5. The quantitative estimate of drug-likeness (QED) is 0.310. The van der Waals surface area contributed by atoms with E-state index >= 15 is 0 Å². The van der Waals surface area contributed by atoms with Crippen LogP contribution in [0.15, 0.2) is 63.0 Å². The van der Waals surface area contributed by atoms with Crippen molar-refractivity contribution in [3.05, 3.63) is 84.9 Å². The number of hydrogen-bond donors (Lipinski definition) is 0. The first-order valence-electron chi connectivity index (χ1n) is 10.7. The fourth-order valence-electron chi connectivity index (χ4n) is 4.73. The Labute approximate surface area is 201 Å². The minimum Gasteiger partial charge on any atom is -0.293 e. The minimum atomic E-state index is -0.247. The maximum absolute atomic E-state index is 13.8. The molecule has 160 valence electrons. The van der Waals surface area contributed by atoms with Crippen molar-refractivity contribution in [1.82, 2.24) is 9.55 Å². The number of nitrogens with zero attached hydrogens (tertiary/aromatic N) is 2. The summed E-state index contributed by atoms with van der Waals surface area (Å²) in [5.74, 6) is 0.127. The van der Waals surface area contributed by atoms with E-state index in [1.165, 1.54) is 22.2 Å². The van der Waals surface area contributed by atoms with Crippen molar-refractivity contribution in [2.75, 3.05) is 0 Å². The SMILES string of the molecule is O=C1c2ccccc2CCC1Sc1nc2sc3c(c2c(=O)n1-c1ccc(Br)cc1)CCC3. The van der Waals surface area contributed by atoms with Gasteiger partial charge in [0.1, 0.15) is 4.83 Å². The second kappa shape index (κ2) is 7.97. The highest BCUT2D eigenvalue weighted by molar-refractivity contribution is 9.10. The Morgan fingerprint density at radius 1 is 1.03 bits per heavy atom. The van der Waals surface area contributed by atoms with Gasteiger partial charge in [-0.25, -0.2) is 4.98 Å². The van der Waals surface area contributed by atoms with Gasteiger partial charge < -0.3 is 0 Å². The molecule has 0 saturated heterocycles. The van der Waals surface area contributed by atoms with E-state index in [9.17, 15) is 9.59 Å². The van der Waals surface area contributed by atoms with Gasteiger partial charge in [-0.1, -0.05) is 52.0 Å². The van der Waals surface area contributed by atoms with Gasteiger partial charge in [0, 0.05) is 14.9 Å². The Bertz CT molecular complexity index is 1440. The summed E-state index contributed by atoms with van der Waals surface area (Å²) < 4.78 is 2.66. The van der Waals surface area contributed by atoms with Crippen molar-refractivity contribution < 1.29 is 4.79 Å². The molecule has 7 heteroatoms. The molecule has 0 N–H and O–H groups in total. The number of fused-ring (bicyclic) bond motifs is 4. The fraction of sp³-hybridized carbons (Fsp3) is 0.240. The number of aromatic nitrogens is 2. The molecule has 0 fully saturated rings. The number of thioether (sulfide) groups is 1. The highest BCUT2D eigenvalue weighted by atomic mass is 79.9. The highest BCUT2D eigenvalue weighted by Gasteiger charge is 2.31. The maximum atomic E-state index is 13.8. The van der Waals surface area contributed by atoms with Crippen LogP contribution in [0.25, 0.3) is 15.9 Å². The third-order valence-electron chi connectivity index (χ3n) is 6.29. The second-order valence-corrected chi connectivity index (χ2v) is 11.4. The van der Waals surface area contributed by atoms with Crippen LogP contribution in [0.2, 0.25) is 0 Å². The third-order valence-corrected chi connectivity index (χ3v) is 9.23. The minimum absolute atomic E-state index is 0.0251. The van der Waals surface area contributed by atoms with E-state index in [2.05, 4.69) is 15.9 Å². The summed E-state index contributed by atoms with van der Waals surface area (Å²) in [5.41, 5.74) is 3.83. The van der Waals surface area contributed by atoms with Gasteiger partial charge in [0.2, 0.25) is 0 Å². The highest BCUT2D eigenvalue weighted by Crippen LogP contribution is 2.38. The lowest BCUT2D eigenvalue weighted by atomic mass is 9.90. The molecule has 2 aromatic carbocycles. The van der Waals surface area contributed by atoms with Gasteiger partial charge in [-0.15, -0.1) is 11.3 Å². The lowest BCUT2D eigenvalue weighted by Gasteiger charge is -2.23. The van der Waals surface area contributed by atoms with E-state index in [-0.39, 0.29) is 16.6 Å². The van der Waals surface area contributed by atoms with Gasteiger partial charge in [-0.2, -0.15) is 0 Å². The predicted octanol–water partition coefficient (Wildman–Crippen LogP) is 5.99. The molecule has 2 aromatic heterocycles. The molecule has 0 spiro atoms. The number of thiophene rings is 1. The van der Waals surface area contributed by atoms with Crippen LogP contribution in [-0.2, 0) is 19.3 Å². The van der Waals surface area contributed by atoms with Gasteiger partial charge in [0.15, 0.2) is 10.9 Å². The molecule has 4 nitrogen and oxygen atoms in total. The summed E-state index contributed by atoms with van der Waals surface area (Å²) in [4.78, 5) is 34.1. The van der Waals surface area contributed by atoms with E-state index in [4.69, 9.17) is 4.98 Å². The average Bonchev–Trinajstić information content (AvgIpc) is 3.38. The number of halogens is 1. The molecule has 0 aliphatic heterocycles. The lowest BCUT2D eigenvalue weighted by Crippen LogP contribution is -2.27. The zero-order valence-corrected chi connectivity index (χ0v) is 20.4. The van der Waals surface area contributed by atoms with Crippen LogP contribution in [0.4, 0.5) is 0 Å². The van der Waals surface area contributed by atoms with Gasteiger partial charge in [-0.3, -0.25) is 14.2 Å². The van der Waals surface area contributed by atoms with Gasteiger partial charge >= 0.3 is 0 Å². The summed E-state index contributed by atoms with van der Waals surface area (Å²) in [5, 5.41) is 1.11. The molecule has 6 rings (SSSR count). The average molecular weight is 523 g/mol. The molecule has 0 radical (unpaired) electrons.